The second-order valence-corrected chi connectivity index (χ2v) is 5.17. The van der Waals surface area contributed by atoms with Crippen LogP contribution >= 0.6 is 11.6 Å². The summed E-state index contributed by atoms with van der Waals surface area (Å²) in [6, 6.07) is -0.272. The molecule has 0 fully saturated rings. The van der Waals surface area contributed by atoms with Gasteiger partial charge >= 0.3 is 6.03 Å². The van der Waals surface area contributed by atoms with Crippen molar-refractivity contribution < 1.29 is 14.6 Å². The Bertz CT molecular complexity index is 494. The molecular formula is C13H21ClN4O3. The van der Waals surface area contributed by atoms with Gasteiger partial charge in [0.15, 0.2) is 12.0 Å². The van der Waals surface area contributed by atoms with Crippen LogP contribution in [0, 0.1) is 0 Å². The second kappa shape index (κ2) is 7.11. The van der Waals surface area contributed by atoms with Gasteiger partial charge in [0.25, 0.3) is 0 Å². The van der Waals surface area contributed by atoms with Gasteiger partial charge in [-0.15, -0.1) is 0 Å². The monoisotopic (exact) mass is 316 g/mol. The highest BCUT2D eigenvalue weighted by molar-refractivity contribution is 6.28. The van der Waals surface area contributed by atoms with Crippen molar-refractivity contribution in [1.29, 1.82) is 0 Å². The highest BCUT2D eigenvalue weighted by Gasteiger charge is 2.38. The highest BCUT2D eigenvalue weighted by Crippen LogP contribution is 2.34. The molecule has 1 aliphatic heterocycles. The lowest BCUT2D eigenvalue weighted by atomic mass is 10.2. The van der Waals surface area contributed by atoms with Gasteiger partial charge in [-0.2, -0.15) is 4.98 Å². The lowest BCUT2D eigenvalue weighted by molar-refractivity contribution is 0.00679. The van der Waals surface area contributed by atoms with E-state index in [1.165, 1.54) is 4.90 Å². The van der Waals surface area contributed by atoms with Crippen LogP contribution in [0.25, 0.3) is 0 Å². The van der Waals surface area contributed by atoms with E-state index in [0.717, 1.165) is 12.8 Å². The van der Waals surface area contributed by atoms with Crippen molar-refractivity contribution in [2.24, 2.45) is 0 Å². The second-order valence-electron chi connectivity index (χ2n) is 4.82. The number of anilines is 1. The van der Waals surface area contributed by atoms with Gasteiger partial charge in [-0.25, -0.2) is 4.79 Å². The molecule has 1 aromatic rings. The molecule has 0 radical (unpaired) electrons. The number of fused-ring (bicyclic) bond motifs is 1. The van der Waals surface area contributed by atoms with Gasteiger partial charge in [-0.1, -0.05) is 13.3 Å². The number of amides is 2. The number of hydrogen-bond donors (Lipinski definition) is 2. The van der Waals surface area contributed by atoms with Crippen molar-refractivity contribution in [1.82, 2.24) is 14.9 Å². The fraction of sp³-hybridized carbons (Fsp3) is 0.692. The molecule has 118 valence electrons. The zero-order chi connectivity index (χ0) is 15.4. The molecule has 2 heterocycles. The first-order chi connectivity index (χ1) is 10.1. The van der Waals surface area contributed by atoms with Crippen LogP contribution in [0.5, 0.6) is 0 Å². The van der Waals surface area contributed by atoms with E-state index in [4.69, 9.17) is 16.3 Å². The molecule has 7 nitrogen and oxygen atoms in total. The molecule has 0 bridgehead atoms. The van der Waals surface area contributed by atoms with Crippen molar-refractivity contribution >= 4 is 23.4 Å². The largest absolute Gasteiger partial charge is 0.380 e. The van der Waals surface area contributed by atoms with Crippen molar-refractivity contribution in [2.45, 2.75) is 32.9 Å². The average Bonchev–Trinajstić information content (AvgIpc) is 2.84. The van der Waals surface area contributed by atoms with Crippen LogP contribution in [0.2, 0.25) is 5.28 Å². The highest BCUT2D eigenvalue weighted by atomic mass is 35.5. The number of rotatable bonds is 7. The van der Waals surface area contributed by atoms with Crippen LogP contribution in [0.4, 0.5) is 10.6 Å². The Morgan fingerprint density at radius 2 is 2.19 bits per heavy atom. The fourth-order valence-electron chi connectivity index (χ4n) is 2.28. The summed E-state index contributed by atoms with van der Waals surface area (Å²) in [7, 11) is 0. The predicted molar refractivity (Wildman–Crippen MR) is 79.4 cm³/mol. The minimum Gasteiger partial charge on any atom is -0.380 e. The fourth-order valence-corrected chi connectivity index (χ4v) is 2.46. The molecule has 0 aromatic carbocycles. The summed E-state index contributed by atoms with van der Waals surface area (Å²) in [6.07, 6.45) is 0.731. The Balaban J connectivity index is 2.24. The van der Waals surface area contributed by atoms with E-state index in [9.17, 15) is 9.90 Å². The van der Waals surface area contributed by atoms with Gasteiger partial charge in [-0.3, -0.25) is 9.80 Å². The summed E-state index contributed by atoms with van der Waals surface area (Å²) in [5.41, 5.74) is 0.451. The quantitative estimate of drug-likeness (QED) is 0.755. The molecule has 2 N–H and O–H groups in total. The van der Waals surface area contributed by atoms with Gasteiger partial charge in [0.05, 0.1) is 6.61 Å². The number of aliphatic hydroxyl groups excluding tert-OH is 1. The minimum atomic E-state index is -1.08. The van der Waals surface area contributed by atoms with Crippen LogP contribution in [0.15, 0.2) is 0 Å². The first kappa shape index (κ1) is 16.1. The molecule has 1 atom stereocenters. The third-order valence-electron chi connectivity index (χ3n) is 3.38. The molecule has 21 heavy (non-hydrogen) atoms. The van der Waals surface area contributed by atoms with Crippen LogP contribution in [0.3, 0.4) is 0 Å². The normalized spacial score (nSPS) is 18.3. The van der Waals surface area contributed by atoms with Gasteiger partial charge in [0.1, 0.15) is 5.69 Å². The molecule has 1 aliphatic rings. The molecule has 8 heteroatoms. The predicted octanol–water partition coefficient (Wildman–Crippen LogP) is 2.13. The third kappa shape index (κ3) is 3.30. The summed E-state index contributed by atoms with van der Waals surface area (Å²) < 4.78 is 5.27. The van der Waals surface area contributed by atoms with Crippen LogP contribution in [-0.2, 0) is 4.74 Å². The van der Waals surface area contributed by atoms with Gasteiger partial charge in [-0.05, 0) is 24.9 Å². The standard InChI is InChI=1S/C13H21ClN4O3/c1-3-5-6-17-10-9(15-12(14)16-10)11(19)18(13(17)20)7-8-21-4-2/h11,19H,3-8H2,1-2H3,(H,15,16). The van der Waals surface area contributed by atoms with Gasteiger partial charge in [0, 0.05) is 19.7 Å². The number of urea groups is 1. The summed E-state index contributed by atoms with van der Waals surface area (Å²) >= 11 is 5.88. The Kier molecular flexibility index (Phi) is 5.44. The summed E-state index contributed by atoms with van der Waals surface area (Å²) in [5, 5.41) is 10.5. The van der Waals surface area contributed by atoms with Crippen molar-refractivity contribution in [2.75, 3.05) is 31.2 Å². The van der Waals surface area contributed by atoms with E-state index in [-0.39, 0.29) is 11.3 Å². The SMILES string of the molecule is CCCCN1C(=O)N(CCOCC)C(O)c2[nH]c(Cl)nc21. The zero-order valence-corrected chi connectivity index (χ0v) is 13.1. The Labute approximate surface area is 128 Å². The topological polar surface area (TPSA) is 81.7 Å². The minimum absolute atomic E-state index is 0.167. The number of halogens is 1. The number of unbranched alkanes of at least 4 members (excludes halogenated alkanes) is 1. The lowest BCUT2D eigenvalue weighted by Crippen LogP contribution is -2.51. The number of aliphatic hydroxyl groups is 1. The van der Waals surface area contributed by atoms with Crippen LogP contribution < -0.4 is 4.90 Å². The molecule has 0 aliphatic carbocycles. The number of imidazole rings is 1. The van der Waals surface area contributed by atoms with Crippen LogP contribution in [-0.4, -0.2) is 52.3 Å². The lowest BCUT2D eigenvalue weighted by Gasteiger charge is -2.37. The Hall–Kier alpha value is -1.31. The zero-order valence-electron chi connectivity index (χ0n) is 12.3. The Morgan fingerprint density at radius 1 is 1.43 bits per heavy atom. The number of hydrogen-bond acceptors (Lipinski definition) is 4. The maximum atomic E-state index is 12.5. The molecule has 1 aromatic heterocycles. The Morgan fingerprint density at radius 3 is 2.86 bits per heavy atom. The molecule has 2 amide bonds. The summed E-state index contributed by atoms with van der Waals surface area (Å²) in [5.74, 6) is 0.415. The number of nitrogens with zero attached hydrogens (tertiary/aromatic N) is 3. The molecule has 0 saturated carbocycles. The number of ether oxygens (including phenoxy) is 1. The van der Waals surface area contributed by atoms with Crippen molar-refractivity contribution in [3.63, 3.8) is 0 Å². The number of nitrogens with one attached hydrogen (secondary N) is 1. The van der Waals surface area contributed by atoms with E-state index in [1.807, 2.05) is 6.92 Å². The number of carbonyl (C=O) groups is 1. The molecule has 2 rings (SSSR count). The van der Waals surface area contributed by atoms with Crippen LogP contribution in [0.1, 0.15) is 38.6 Å². The van der Waals surface area contributed by atoms with Crippen molar-refractivity contribution in [3.8, 4) is 0 Å². The first-order valence-electron chi connectivity index (χ1n) is 7.19. The molecule has 0 spiro atoms. The van der Waals surface area contributed by atoms with Crippen molar-refractivity contribution in [3.05, 3.63) is 11.0 Å². The first-order valence-corrected chi connectivity index (χ1v) is 7.57. The van der Waals surface area contributed by atoms with E-state index in [0.29, 0.717) is 37.8 Å². The molecular weight excluding hydrogens is 296 g/mol. The summed E-state index contributed by atoms with van der Waals surface area (Å²) in [6.45, 7) is 5.73. The third-order valence-corrected chi connectivity index (χ3v) is 3.56. The maximum Gasteiger partial charge on any atom is 0.328 e. The van der Waals surface area contributed by atoms with E-state index >= 15 is 0 Å². The summed E-state index contributed by atoms with van der Waals surface area (Å²) in [4.78, 5) is 22.4. The number of aromatic nitrogens is 2. The smallest absolute Gasteiger partial charge is 0.328 e. The number of H-pyrrole nitrogens is 1. The van der Waals surface area contributed by atoms with E-state index in [1.54, 1.807) is 4.90 Å². The maximum absolute atomic E-state index is 12.5. The molecule has 0 saturated heterocycles. The molecule has 1 unspecified atom stereocenters. The van der Waals surface area contributed by atoms with E-state index in [2.05, 4.69) is 16.9 Å². The average molecular weight is 317 g/mol. The van der Waals surface area contributed by atoms with Gasteiger partial charge in [0.2, 0.25) is 5.28 Å². The van der Waals surface area contributed by atoms with Gasteiger partial charge < -0.3 is 14.8 Å². The van der Waals surface area contributed by atoms with E-state index < -0.39 is 6.23 Å². The number of carbonyl (C=O) groups excluding carboxylic acids is 1. The number of aromatic amines is 1.